The van der Waals surface area contributed by atoms with Gasteiger partial charge in [-0.05, 0) is 36.2 Å². The van der Waals surface area contributed by atoms with E-state index in [9.17, 15) is 4.79 Å². The number of carbonyl (C=O) groups is 1. The Morgan fingerprint density at radius 3 is 2.82 bits per heavy atom. The number of furan rings is 1. The van der Waals surface area contributed by atoms with Crippen molar-refractivity contribution in [3.05, 3.63) is 48.0 Å². The summed E-state index contributed by atoms with van der Waals surface area (Å²) in [6.45, 7) is 1.19. The summed E-state index contributed by atoms with van der Waals surface area (Å²) in [6, 6.07) is 9.30. The lowest BCUT2D eigenvalue weighted by Gasteiger charge is -2.16. The highest BCUT2D eigenvalue weighted by Gasteiger charge is 2.33. The van der Waals surface area contributed by atoms with E-state index in [1.54, 1.807) is 32.6 Å². The molecule has 8 nitrogen and oxygen atoms in total. The molecule has 0 bridgehead atoms. The Kier molecular flexibility index (Phi) is 5.01. The summed E-state index contributed by atoms with van der Waals surface area (Å²) in [6.07, 6.45) is 2.65. The average Bonchev–Trinajstić information content (AvgIpc) is 3.46. The van der Waals surface area contributed by atoms with Crippen LogP contribution in [0.15, 0.2) is 45.5 Å². The number of rotatable bonds is 7. The minimum absolute atomic E-state index is 0.0784. The topological polar surface area (TPSA) is 90.8 Å². The second kappa shape index (κ2) is 7.75. The molecule has 8 heteroatoms. The first-order valence-electron chi connectivity index (χ1n) is 9.04. The standard InChI is InChI=1S/C20H21N3O5/c1-25-15-6-5-13(10-17(15)26-2)7-8-23-12-14(11-18(23)24)19-21-20(28-22-19)16-4-3-9-27-16/h3-6,9-10,14H,7-8,11-12H2,1-2H3. The number of hydrogen-bond acceptors (Lipinski definition) is 7. The monoisotopic (exact) mass is 383 g/mol. The molecule has 1 atom stereocenters. The number of nitrogens with zero attached hydrogens (tertiary/aromatic N) is 3. The van der Waals surface area contributed by atoms with Gasteiger partial charge in [0.25, 0.3) is 5.89 Å². The third kappa shape index (κ3) is 3.58. The Morgan fingerprint density at radius 2 is 2.07 bits per heavy atom. The number of carbonyl (C=O) groups excluding carboxylic acids is 1. The van der Waals surface area contributed by atoms with Crippen LogP contribution in [0.25, 0.3) is 11.7 Å². The summed E-state index contributed by atoms with van der Waals surface area (Å²) in [4.78, 5) is 18.6. The van der Waals surface area contributed by atoms with Crippen molar-refractivity contribution in [1.29, 1.82) is 0 Å². The lowest BCUT2D eigenvalue weighted by molar-refractivity contribution is -0.127. The van der Waals surface area contributed by atoms with E-state index in [2.05, 4.69) is 10.1 Å². The maximum Gasteiger partial charge on any atom is 0.293 e. The van der Waals surface area contributed by atoms with E-state index in [-0.39, 0.29) is 11.8 Å². The maximum atomic E-state index is 12.4. The van der Waals surface area contributed by atoms with Crippen LogP contribution in [0, 0.1) is 0 Å². The zero-order valence-electron chi connectivity index (χ0n) is 15.8. The van der Waals surface area contributed by atoms with Crippen molar-refractivity contribution in [2.45, 2.75) is 18.8 Å². The van der Waals surface area contributed by atoms with Crippen LogP contribution in [0.3, 0.4) is 0 Å². The molecule has 0 aliphatic carbocycles. The van der Waals surface area contributed by atoms with Crippen molar-refractivity contribution in [3.63, 3.8) is 0 Å². The predicted octanol–water partition coefficient (Wildman–Crippen LogP) is 2.91. The third-order valence-corrected chi connectivity index (χ3v) is 4.87. The first-order chi connectivity index (χ1) is 13.7. The smallest absolute Gasteiger partial charge is 0.293 e. The summed E-state index contributed by atoms with van der Waals surface area (Å²) in [5.41, 5.74) is 1.08. The number of ether oxygens (including phenoxy) is 2. The molecule has 0 radical (unpaired) electrons. The Bertz CT molecular complexity index is 951. The molecule has 1 aromatic carbocycles. The van der Waals surface area contributed by atoms with Crippen LogP contribution in [-0.2, 0) is 11.2 Å². The molecule has 146 valence electrons. The molecule has 3 aromatic rings. The molecular weight excluding hydrogens is 362 g/mol. The van der Waals surface area contributed by atoms with E-state index in [0.29, 0.717) is 48.5 Å². The molecule has 1 saturated heterocycles. The fraction of sp³-hybridized carbons (Fsp3) is 0.350. The second-order valence-electron chi connectivity index (χ2n) is 6.62. The van der Waals surface area contributed by atoms with Crippen LogP contribution in [0.4, 0.5) is 0 Å². The van der Waals surface area contributed by atoms with Crippen molar-refractivity contribution >= 4 is 5.91 Å². The van der Waals surface area contributed by atoms with E-state index in [1.165, 1.54) is 0 Å². The minimum Gasteiger partial charge on any atom is -0.493 e. The summed E-state index contributed by atoms with van der Waals surface area (Å²) < 4.78 is 21.1. The van der Waals surface area contributed by atoms with Gasteiger partial charge in [-0.15, -0.1) is 0 Å². The largest absolute Gasteiger partial charge is 0.493 e. The highest BCUT2D eigenvalue weighted by Crippen LogP contribution is 2.30. The number of amides is 1. The van der Waals surface area contributed by atoms with Crippen molar-refractivity contribution in [2.75, 3.05) is 27.3 Å². The maximum absolute atomic E-state index is 12.4. The van der Waals surface area contributed by atoms with Crippen molar-refractivity contribution < 1.29 is 23.2 Å². The molecule has 0 spiro atoms. The summed E-state index contributed by atoms with van der Waals surface area (Å²) in [5, 5.41) is 4.03. The summed E-state index contributed by atoms with van der Waals surface area (Å²) in [5.74, 6) is 2.77. The molecule has 1 amide bonds. The van der Waals surface area contributed by atoms with Crippen LogP contribution in [0.1, 0.15) is 23.7 Å². The van der Waals surface area contributed by atoms with Gasteiger partial charge in [-0.25, -0.2) is 0 Å². The number of benzene rings is 1. The zero-order chi connectivity index (χ0) is 19.5. The van der Waals surface area contributed by atoms with Gasteiger partial charge in [-0.1, -0.05) is 11.2 Å². The lowest BCUT2D eigenvalue weighted by Crippen LogP contribution is -2.27. The number of methoxy groups -OCH3 is 2. The second-order valence-corrected chi connectivity index (χ2v) is 6.62. The SMILES string of the molecule is COc1ccc(CCN2CC(c3noc(-c4ccco4)n3)CC2=O)cc1OC. The molecule has 28 heavy (non-hydrogen) atoms. The molecule has 1 fully saturated rings. The van der Waals surface area contributed by atoms with Gasteiger partial charge in [0.1, 0.15) is 0 Å². The Hall–Kier alpha value is -3.29. The molecular formula is C20H21N3O5. The van der Waals surface area contributed by atoms with Gasteiger partial charge < -0.3 is 23.3 Å². The van der Waals surface area contributed by atoms with Gasteiger partial charge in [0.2, 0.25) is 5.91 Å². The highest BCUT2D eigenvalue weighted by molar-refractivity contribution is 5.79. The normalized spacial score (nSPS) is 16.6. The van der Waals surface area contributed by atoms with Crippen molar-refractivity contribution in [2.24, 2.45) is 0 Å². The van der Waals surface area contributed by atoms with Gasteiger partial charge in [0.05, 0.1) is 20.5 Å². The first-order valence-corrected chi connectivity index (χ1v) is 9.04. The Labute approximate surface area is 162 Å². The highest BCUT2D eigenvalue weighted by atomic mass is 16.5. The zero-order valence-corrected chi connectivity index (χ0v) is 15.8. The van der Waals surface area contributed by atoms with Crippen LogP contribution in [0.2, 0.25) is 0 Å². The quantitative estimate of drug-likeness (QED) is 0.619. The third-order valence-electron chi connectivity index (χ3n) is 4.87. The minimum atomic E-state index is -0.0784. The molecule has 1 aliphatic rings. The van der Waals surface area contributed by atoms with Gasteiger partial charge in [-0.2, -0.15) is 4.98 Å². The molecule has 1 unspecified atom stereocenters. The summed E-state index contributed by atoms with van der Waals surface area (Å²) >= 11 is 0. The van der Waals surface area contributed by atoms with Crippen LogP contribution in [0.5, 0.6) is 11.5 Å². The molecule has 2 aromatic heterocycles. The fourth-order valence-electron chi connectivity index (χ4n) is 3.36. The van der Waals surface area contributed by atoms with E-state index in [4.69, 9.17) is 18.4 Å². The van der Waals surface area contributed by atoms with E-state index < -0.39 is 0 Å². The number of hydrogen-bond donors (Lipinski definition) is 0. The Balaban J connectivity index is 1.39. The fourth-order valence-corrected chi connectivity index (χ4v) is 3.36. The van der Waals surface area contributed by atoms with Crippen molar-refractivity contribution in [3.8, 4) is 23.1 Å². The molecule has 0 saturated carbocycles. The van der Waals surface area contributed by atoms with Crippen LogP contribution >= 0.6 is 0 Å². The summed E-state index contributed by atoms with van der Waals surface area (Å²) in [7, 11) is 3.22. The molecule has 3 heterocycles. The Morgan fingerprint density at radius 1 is 1.21 bits per heavy atom. The van der Waals surface area contributed by atoms with Gasteiger partial charge in [0.15, 0.2) is 23.1 Å². The molecule has 1 aliphatic heterocycles. The number of likely N-dealkylation sites (tertiary alicyclic amines) is 1. The van der Waals surface area contributed by atoms with Crippen LogP contribution < -0.4 is 9.47 Å². The van der Waals surface area contributed by atoms with Crippen molar-refractivity contribution in [1.82, 2.24) is 15.0 Å². The van der Waals surface area contributed by atoms with Crippen LogP contribution in [-0.4, -0.2) is 48.3 Å². The van der Waals surface area contributed by atoms with Gasteiger partial charge >= 0.3 is 0 Å². The van der Waals surface area contributed by atoms with Gasteiger partial charge in [0, 0.05) is 25.4 Å². The average molecular weight is 383 g/mol. The molecule has 0 N–H and O–H groups in total. The van der Waals surface area contributed by atoms with E-state index in [0.717, 1.165) is 12.0 Å². The first kappa shape index (κ1) is 18.1. The van der Waals surface area contributed by atoms with E-state index >= 15 is 0 Å². The van der Waals surface area contributed by atoms with Gasteiger partial charge in [-0.3, -0.25) is 4.79 Å². The lowest BCUT2D eigenvalue weighted by atomic mass is 10.1. The molecule has 4 rings (SSSR count). The number of aromatic nitrogens is 2. The van der Waals surface area contributed by atoms with E-state index in [1.807, 2.05) is 23.1 Å². The predicted molar refractivity (Wildman–Crippen MR) is 99.2 cm³/mol.